The second-order valence-corrected chi connectivity index (χ2v) is 4.65. The maximum absolute atomic E-state index is 12.0. The lowest BCUT2D eigenvalue weighted by Gasteiger charge is -2.09. The Hall–Kier alpha value is -2.26. The van der Waals surface area contributed by atoms with Crippen molar-refractivity contribution in [3.05, 3.63) is 46.0 Å². The van der Waals surface area contributed by atoms with E-state index in [0.717, 1.165) is 17.3 Å². The maximum atomic E-state index is 12.0. The van der Waals surface area contributed by atoms with Crippen LogP contribution in [0, 0.1) is 18.3 Å². The molecule has 1 aromatic carbocycles. The number of carbonyl (C=O) groups is 2. The Morgan fingerprint density at radius 2 is 1.90 bits per heavy atom. The number of aryl methyl sites for hydroxylation is 1. The average Bonchev–Trinajstić information content (AvgIpc) is 2.46. The zero-order chi connectivity index (χ0) is 15.1. The average molecular weight is 290 g/mol. The molecule has 0 unspecified atom stereocenters. The number of hydrogen-bond acceptors (Lipinski definition) is 5. The van der Waals surface area contributed by atoms with Gasteiger partial charge in [0.05, 0.1) is 7.11 Å². The molecule has 0 spiro atoms. The molecule has 1 rings (SSSR count). The number of carbonyl (C=O) groups excluding carboxylic acids is 2. The summed E-state index contributed by atoms with van der Waals surface area (Å²) in [6, 6.07) is 8.70. The SMILES string of the molecule is COC(=O)/C(C#N)=C(/NC(=O)c1ccc(C)cc1)SC. The standard InChI is InChI=1S/C14H14N2O3S/c1-9-4-6-10(7-5-9)12(17)16-13(20-3)11(8-15)14(18)19-2/h4-7H,1-3H3,(H,16,17)/b13-11-. The molecule has 104 valence electrons. The van der Waals surface area contributed by atoms with Crippen LogP contribution in [0.3, 0.4) is 0 Å². The van der Waals surface area contributed by atoms with Crippen molar-refractivity contribution in [2.45, 2.75) is 6.92 Å². The molecule has 1 amide bonds. The summed E-state index contributed by atoms with van der Waals surface area (Å²) in [6.45, 7) is 1.92. The summed E-state index contributed by atoms with van der Waals surface area (Å²) in [5, 5.41) is 11.7. The van der Waals surface area contributed by atoms with E-state index in [1.54, 1.807) is 24.5 Å². The Morgan fingerprint density at radius 3 is 2.35 bits per heavy atom. The minimum absolute atomic E-state index is 0.171. The van der Waals surface area contributed by atoms with Crippen LogP contribution in [-0.4, -0.2) is 25.2 Å². The number of hydrogen-bond donors (Lipinski definition) is 1. The predicted molar refractivity (Wildman–Crippen MR) is 76.8 cm³/mol. The molecule has 6 heteroatoms. The molecule has 0 fully saturated rings. The summed E-state index contributed by atoms with van der Waals surface area (Å²) < 4.78 is 4.51. The molecule has 0 aliphatic rings. The number of benzene rings is 1. The lowest BCUT2D eigenvalue weighted by atomic mass is 10.1. The number of nitrogens with one attached hydrogen (secondary N) is 1. The van der Waals surface area contributed by atoms with Gasteiger partial charge in [0, 0.05) is 5.56 Å². The molecule has 0 aliphatic carbocycles. The van der Waals surface area contributed by atoms with Crippen molar-refractivity contribution in [3.8, 4) is 6.07 Å². The van der Waals surface area contributed by atoms with E-state index in [1.165, 1.54) is 7.11 Å². The second kappa shape index (κ2) is 7.36. The van der Waals surface area contributed by atoms with E-state index in [1.807, 2.05) is 19.1 Å². The van der Waals surface area contributed by atoms with Gasteiger partial charge < -0.3 is 10.1 Å². The highest BCUT2D eigenvalue weighted by atomic mass is 32.2. The van der Waals surface area contributed by atoms with Gasteiger partial charge in [0.15, 0.2) is 5.57 Å². The summed E-state index contributed by atoms with van der Waals surface area (Å²) in [4.78, 5) is 23.5. The lowest BCUT2D eigenvalue weighted by molar-refractivity contribution is -0.135. The summed E-state index contributed by atoms with van der Waals surface area (Å²) in [7, 11) is 1.18. The Kier molecular flexibility index (Phi) is 5.81. The summed E-state index contributed by atoms with van der Waals surface area (Å²) in [5.41, 5.74) is 1.26. The van der Waals surface area contributed by atoms with Gasteiger partial charge in [-0.15, -0.1) is 11.8 Å². The second-order valence-electron chi connectivity index (χ2n) is 3.83. The number of nitriles is 1. The van der Waals surface area contributed by atoms with Crippen molar-refractivity contribution < 1.29 is 14.3 Å². The number of ether oxygens (including phenoxy) is 1. The molecular weight excluding hydrogens is 276 g/mol. The fourth-order valence-corrected chi connectivity index (χ4v) is 1.91. The van der Waals surface area contributed by atoms with E-state index in [0.29, 0.717) is 5.56 Å². The molecule has 1 N–H and O–H groups in total. The molecule has 1 aromatic rings. The molecule has 0 saturated heterocycles. The largest absolute Gasteiger partial charge is 0.465 e. The third-order valence-electron chi connectivity index (χ3n) is 2.47. The van der Waals surface area contributed by atoms with E-state index in [2.05, 4.69) is 10.1 Å². The van der Waals surface area contributed by atoms with Gasteiger partial charge in [-0.05, 0) is 25.3 Å². The van der Waals surface area contributed by atoms with Crippen LogP contribution in [-0.2, 0) is 9.53 Å². The Bertz CT molecular complexity index is 585. The highest BCUT2D eigenvalue weighted by molar-refractivity contribution is 8.02. The van der Waals surface area contributed by atoms with Crippen molar-refractivity contribution in [1.29, 1.82) is 5.26 Å². The van der Waals surface area contributed by atoms with Gasteiger partial charge in [-0.2, -0.15) is 5.26 Å². The van der Waals surface area contributed by atoms with Gasteiger partial charge in [0.2, 0.25) is 0 Å². The zero-order valence-corrected chi connectivity index (χ0v) is 12.2. The van der Waals surface area contributed by atoms with E-state index < -0.39 is 5.97 Å². The topological polar surface area (TPSA) is 79.2 Å². The molecule has 0 aromatic heterocycles. The highest BCUT2D eigenvalue weighted by Gasteiger charge is 2.18. The first kappa shape index (κ1) is 15.8. The number of rotatable bonds is 4. The van der Waals surface area contributed by atoms with Gasteiger partial charge in [-0.3, -0.25) is 4.79 Å². The summed E-state index contributed by atoms with van der Waals surface area (Å²) in [6.07, 6.45) is 1.66. The predicted octanol–water partition coefficient (Wildman–Crippen LogP) is 2.00. The Morgan fingerprint density at radius 1 is 1.30 bits per heavy atom. The Balaban J connectivity index is 3.01. The summed E-state index contributed by atoms with van der Waals surface area (Å²) in [5.74, 6) is -1.16. The van der Waals surface area contributed by atoms with Crippen molar-refractivity contribution in [2.24, 2.45) is 0 Å². The third-order valence-corrected chi connectivity index (χ3v) is 3.19. The normalized spacial score (nSPS) is 11.1. The van der Waals surface area contributed by atoms with Crippen LogP contribution in [0.15, 0.2) is 34.9 Å². The van der Waals surface area contributed by atoms with Gasteiger partial charge in [0.1, 0.15) is 11.1 Å². The lowest BCUT2D eigenvalue weighted by Crippen LogP contribution is -2.24. The number of methoxy groups -OCH3 is 1. The molecule has 0 saturated carbocycles. The van der Waals surface area contributed by atoms with Gasteiger partial charge >= 0.3 is 5.97 Å². The molecule has 5 nitrogen and oxygen atoms in total. The van der Waals surface area contributed by atoms with Crippen molar-refractivity contribution in [1.82, 2.24) is 5.32 Å². The quantitative estimate of drug-likeness (QED) is 0.521. The number of thioether (sulfide) groups is 1. The van der Waals surface area contributed by atoms with Crippen LogP contribution in [0.4, 0.5) is 0 Å². The third kappa shape index (κ3) is 3.87. The minimum atomic E-state index is -0.777. The first-order valence-electron chi connectivity index (χ1n) is 5.68. The first-order chi connectivity index (χ1) is 9.53. The summed E-state index contributed by atoms with van der Waals surface area (Å²) >= 11 is 1.10. The van der Waals surface area contributed by atoms with Crippen LogP contribution in [0.2, 0.25) is 0 Å². The van der Waals surface area contributed by atoms with E-state index in [9.17, 15) is 9.59 Å². The minimum Gasteiger partial charge on any atom is -0.465 e. The van der Waals surface area contributed by atoms with E-state index in [-0.39, 0.29) is 16.5 Å². The number of amides is 1. The number of esters is 1. The highest BCUT2D eigenvalue weighted by Crippen LogP contribution is 2.16. The van der Waals surface area contributed by atoms with Crippen LogP contribution >= 0.6 is 11.8 Å². The zero-order valence-electron chi connectivity index (χ0n) is 11.4. The van der Waals surface area contributed by atoms with Crippen molar-refractivity contribution >= 4 is 23.6 Å². The van der Waals surface area contributed by atoms with Crippen LogP contribution < -0.4 is 5.32 Å². The number of nitrogens with zero attached hydrogens (tertiary/aromatic N) is 1. The Labute approximate surface area is 121 Å². The molecule has 0 heterocycles. The fraction of sp³-hybridized carbons (Fsp3) is 0.214. The molecule has 0 aliphatic heterocycles. The molecule has 0 bridgehead atoms. The van der Waals surface area contributed by atoms with Crippen LogP contribution in [0.1, 0.15) is 15.9 Å². The fourth-order valence-electron chi connectivity index (χ4n) is 1.39. The molecule has 0 radical (unpaired) electrons. The van der Waals surface area contributed by atoms with Crippen LogP contribution in [0.5, 0.6) is 0 Å². The molecule has 0 atom stereocenters. The molecule has 20 heavy (non-hydrogen) atoms. The van der Waals surface area contributed by atoms with E-state index in [4.69, 9.17) is 5.26 Å². The van der Waals surface area contributed by atoms with Gasteiger partial charge in [0.25, 0.3) is 5.91 Å². The monoisotopic (exact) mass is 290 g/mol. The van der Waals surface area contributed by atoms with Crippen molar-refractivity contribution in [3.63, 3.8) is 0 Å². The maximum Gasteiger partial charge on any atom is 0.351 e. The van der Waals surface area contributed by atoms with Gasteiger partial charge in [-0.1, -0.05) is 17.7 Å². The first-order valence-corrected chi connectivity index (χ1v) is 6.90. The van der Waals surface area contributed by atoms with E-state index >= 15 is 0 Å². The van der Waals surface area contributed by atoms with Gasteiger partial charge in [-0.25, -0.2) is 4.79 Å². The smallest absolute Gasteiger partial charge is 0.351 e. The van der Waals surface area contributed by atoms with Crippen LogP contribution in [0.25, 0.3) is 0 Å². The molecular formula is C14H14N2O3S. The van der Waals surface area contributed by atoms with Crippen molar-refractivity contribution in [2.75, 3.05) is 13.4 Å².